The van der Waals surface area contributed by atoms with Crippen LogP contribution in [-0.4, -0.2) is 35.6 Å². The highest BCUT2D eigenvalue weighted by molar-refractivity contribution is 7.17. The van der Waals surface area contributed by atoms with Crippen molar-refractivity contribution in [2.75, 3.05) is 20.6 Å². The third-order valence-corrected chi connectivity index (χ3v) is 5.94. The number of phenolic OH excluding ortho intramolecular Hbond substituents is 1. The molecule has 0 amide bonds. The maximum Gasteiger partial charge on any atom is 0.266 e. The van der Waals surface area contributed by atoms with Crippen LogP contribution in [0.2, 0.25) is 5.02 Å². The minimum Gasteiger partial charge on any atom is -0.507 e. The average Bonchev–Trinajstić information content (AvgIpc) is 3.12. The van der Waals surface area contributed by atoms with Crippen LogP contribution in [0, 0.1) is 0 Å². The van der Waals surface area contributed by atoms with Gasteiger partial charge in [-0.05, 0) is 43.1 Å². The zero-order valence-electron chi connectivity index (χ0n) is 15.0. The van der Waals surface area contributed by atoms with E-state index in [1.807, 2.05) is 23.6 Å². The minimum absolute atomic E-state index is 0.105. The smallest absolute Gasteiger partial charge is 0.266 e. The van der Waals surface area contributed by atoms with Crippen molar-refractivity contribution in [3.8, 4) is 16.9 Å². The van der Waals surface area contributed by atoms with Crippen LogP contribution in [0.25, 0.3) is 32.1 Å². The number of pyridine rings is 1. The van der Waals surface area contributed by atoms with Crippen LogP contribution in [0.1, 0.15) is 5.56 Å². The highest BCUT2D eigenvalue weighted by Gasteiger charge is 2.18. The van der Waals surface area contributed by atoms with E-state index < -0.39 is 0 Å². The fraction of sp³-hybridized carbons (Fsp3) is 0.190. The molecule has 2 heterocycles. The van der Waals surface area contributed by atoms with Gasteiger partial charge in [-0.25, -0.2) is 0 Å². The summed E-state index contributed by atoms with van der Waals surface area (Å²) in [6.07, 6.45) is 0.961. The molecule has 2 N–H and O–H groups in total. The van der Waals surface area contributed by atoms with Crippen molar-refractivity contribution in [2.45, 2.75) is 6.42 Å². The molecule has 4 aromatic rings. The number of aromatic nitrogens is 1. The largest absolute Gasteiger partial charge is 0.507 e. The van der Waals surface area contributed by atoms with Gasteiger partial charge in [0.2, 0.25) is 0 Å². The molecule has 0 radical (unpaired) electrons. The van der Waals surface area contributed by atoms with E-state index in [9.17, 15) is 9.90 Å². The summed E-state index contributed by atoms with van der Waals surface area (Å²) in [5.41, 5.74) is 3.21. The van der Waals surface area contributed by atoms with E-state index in [0.717, 1.165) is 29.3 Å². The van der Waals surface area contributed by atoms with E-state index >= 15 is 0 Å². The third kappa shape index (κ3) is 3.23. The maximum atomic E-state index is 12.3. The molecule has 4 rings (SSSR count). The minimum atomic E-state index is -0.162. The molecule has 0 unspecified atom stereocenters. The van der Waals surface area contributed by atoms with Crippen molar-refractivity contribution in [1.82, 2.24) is 9.88 Å². The van der Waals surface area contributed by atoms with E-state index in [-0.39, 0.29) is 11.3 Å². The molecule has 27 heavy (non-hydrogen) atoms. The van der Waals surface area contributed by atoms with Gasteiger partial charge in [0.05, 0.1) is 10.5 Å². The maximum absolute atomic E-state index is 12.3. The van der Waals surface area contributed by atoms with Crippen LogP contribution >= 0.6 is 22.9 Å². The second-order valence-electron chi connectivity index (χ2n) is 6.87. The summed E-state index contributed by atoms with van der Waals surface area (Å²) < 4.78 is 0.632. The first-order valence-corrected chi connectivity index (χ1v) is 9.90. The van der Waals surface area contributed by atoms with Crippen LogP contribution < -0.4 is 5.56 Å². The summed E-state index contributed by atoms with van der Waals surface area (Å²) >= 11 is 7.71. The Hall–Kier alpha value is -2.34. The number of aromatic amines is 1. The van der Waals surface area contributed by atoms with Gasteiger partial charge in [-0.15, -0.1) is 11.3 Å². The van der Waals surface area contributed by atoms with Gasteiger partial charge in [0, 0.05) is 28.9 Å². The summed E-state index contributed by atoms with van der Waals surface area (Å²) in [4.78, 5) is 17.4. The van der Waals surface area contributed by atoms with Crippen molar-refractivity contribution in [2.24, 2.45) is 0 Å². The van der Waals surface area contributed by atoms with Crippen LogP contribution in [0.4, 0.5) is 0 Å². The number of hydrogen-bond acceptors (Lipinski definition) is 4. The monoisotopic (exact) mass is 398 g/mol. The third-order valence-electron chi connectivity index (χ3n) is 4.73. The number of thiophene rings is 1. The second kappa shape index (κ2) is 7.00. The molecule has 0 aliphatic heterocycles. The summed E-state index contributed by atoms with van der Waals surface area (Å²) in [5.74, 6) is 0.105. The lowest BCUT2D eigenvalue weighted by Crippen LogP contribution is -2.14. The summed E-state index contributed by atoms with van der Waals surface area (Å²) in [6.45, 7) is 0.977. The predicted octanol–water partition coefficient (Wildman–Crippen LogP) is 4.87. The Morgan fingerprint density at radius 1 is 1.19 bits per heavy atom. The second-order valence-corrected chi connectivity index (χ2v) is 8.19. The van der Waals surface area contributed by atoms with Gasteiger partial charge >= 0.3 is 0 Å². The standard InChI is InChI=1S/C21H19ClN2O2S/c1-24(2)9-7-12-3-5-13(6-4-12)17-16(25)11-15(22)19-18(17)14-8-10-27-20(14)21(26)23-19/h3-6,8,10-11,25H,7,9H2,1-2H3,(H,23,26). The molecule has 0 bridgehead atoms. The molecule has 0 spiro atoms. The molecule has 0 aliphatic rings. The number of fused-ring (bicyclic) bond motifs is 3. The van der Waals surface area contributed by atoms with Crippen molar-refractivity contribution < 1.29 is 5.11 Å². The Balaban J connectivity index is 1.94. The van der Waals surface area contributed by atoms with Gasteiger partial charge in [-0.1, -0.05) is 35.9 Å². The number of aromatic hydroxyl groups is 1. The number of benzene rings is 2. The lowest BCUT2D eigenvalue weighted by Gasteiger charge is -2.13. The Labute approximate surface area is 165 Å². The van der Waals surface area contributed by atoms with Crippen molar-refractivity contribution in [1.29, 1.82) is 0 Å². The molecule has 0 saturated carbocycles. The number of nitrogens with zero attached hydrogens (tertiary/aromatic N) is 1. The van der Waals surface area contributed by atoms with Gasteiger partial charge in [0.25, 0.3) is 5.56 Å². The average molecular weight is 399 g/mol. The number of nitrogens with one attached hydrogen (secondary N) is 1. The summed E-state index contributed by atoms with van der Waals surface area (Å²) in [6, 6.07) is 11.6. The zero-order valence-corrected chi connectivity index (χ0v) is 16.6. The van der Waals surface area contributed by atoms with E-state index in [2.05, 4.69) is 36.1 Å². The van der Waals surface area contributed by atoms with E-state index in [1.165, 1.54) is 23.0 Å². The highest BCUT2D eigenvalue weighted by atomic mass is 35.5. The number of phenols is 1. The molecule has 0 fully saturated rings. The Bertz CT molecular complexity index is 1190. The quantitative estimate of drug-likeness (QED) is 0.515. The zero-order chi connectivity index (χ0) is 19.1. The fourth-order valence-electron chi connectivity index (χ4n) is 3.36. The molecule has 0 saturated heterocycles. The van der Waals surface area contributed by atoms with Crippen LogP contribution in [0.5, 0.6) is 5.75 Å². The Morgan fingerprint density at radius 3 is 2.63 bits per heavy atom. The molecule has 0 atom stereocenters. The number of rotatable bonds is 4. The van der Waals surface area contributed by atoms with Crippen molar-refractivity contribution in [3.63, 3.8) is 0 Å². The molecular weight excluding hydrogens is 380 g/mol. The molecule has 6 heteroatoms. The number of hydrogen-bond donors (Lipinski definition) is 2. The van der Waals surface area contributed by atoms with Crippen molar-refractivity contribution in [3.05, 3.63) is 62.7 Å². The first kappa shape index (κ1) is 18.0. The van der Waals surface area contributed by atoms with Gasteiger partial charge < -0.3 is 15.0 Å². The van der Waals surface area contributed by atoms with Crippen LogP contribution in [0.3, 0.4) is 0 Å². The molecule has 138 valence electrons. The summed E-state index contributed by atoms with van der Waals surface area (Å²) in [5, 5.41) is 14.5. The van der Waals surface area contributed by atoms with Crippen LogP contribution in [0.15, 0.2) is 46.6 Å². The van der Waals surface area contributed by atoms with E-state index in [0.29, 0.717) is 20.8 Å². The number of halogens is 1. The van der Waals surface area contributed by atoms with Gasteiger partial charge in [-0.2, -0.15) is 0 Å². The molecule has 0 aliphatic carbocycles. The fourth-order valence-corrected chi connectivity index (χ4v) is 4.40. The topological polar surface area (TPSA) is 56.3 Å². The lowest BCUT2D eigenvalue weighted by atomic mass is 9.96. The van der Waals surface area contributed by atoms with E-state index in [4.69, 9.17) is 11.6 Å². The van der Waals surface area contributed by atoms with E-state index in [1.54, 1.807) is 0 Å². The van der Waals surface area contributed by atoms with Gasteiger partial charge in [0.1, 0.15) is 10.4 Å². The number of likely N-dealkylation sites (N-methyl/N-ethyl adjacent to an activating group) is 1. The normalized spacial score (nSPS) is 11.7. The Morgan fingerprint density at radius 2 is 1.93 bits per heavy atom. The predicted molar refractivity (Wildman–Crippen MR) is 114 cm³/mol. The van der Waals surface area contributed by atoms with Gasteiger partial charge in [0.15, 0.2) is 0 Å². The van der Waals surface area contributed by atoms with Crippen LogP contribution in [-0.2, 0) is 6.42 Å². The highest BCUT2D eigenvalue weighted by Crippen LogP contribution is 2.42. The molecule has 2 aromatic heterocycles. The lowest BCUT2D eigenvalue weighted by molar-refractivity contribution is 0.413. The molecule has 2 aromatic carbocycles. The SMILES string of the molecule is CN(C)CCc1ccc(-c2c(O)cc(Cl)c3[nH]c(=O)c4sccc4c23)cc1. The molecular formula is C21H19ClN2O2S. The Kier molecular flexibility index (Phi) is 4.68. The van der Waals surface area contributed by atoms with Crippen molar-refractivity contribution >= 4 is 43.9 Å². The first-order valence-electron chi connectivity index (χ1n) is 8.64. The summed E-state index contributed by atoms with van der Waals surface area (Å²) in [7, 11) is 4.11. The van der Waals surface area contributed by atoms with Gasteiger partial charge in [-0.3, -0.25) is 4.79 Å². The molecule has 4 nitrogen and oxygen atoms in total. The number of H-pyrrole nitrogens is 1. The first-order chi connectivity index (χ1) is 13.0.